The molecule has 0 aliphatic carbocycles. The van der Waals surface area contributed by atoms with E-state index in [0.717, 1.165) is 15.6 Å². The summed E-state index contributed by atoms with van der Waals surface area (Å²) in [6.45, 7) is 6.55. The van der Waals surface area contributed by atoms with E-state index in [1.54, 1.807) is 29.2 Å². The number of halogens is 2. The summed E-state index contributed by atoms with van der Waals surface area (Å²) in [5, 5.41) is 3.73. The molecule has 196 valence electrons. The molecule has 1 atom stereocenters. The predicted octanol–water partition coefficient (Wildman–Crippen LogP) is 6.82. The summed E-state index contributed by atoms with van der Waals surface area (Å²) in [7, 11) is 0. The van der Waals surface area contributed by atoms with E-state index in [1.165, 1.54) is 0 Å². The third kappa shape index (κ3) is 9.86. The molecule has 7 heteroatoms. The number of carbonyl (C=O) groups is 2. The van der Waals surface area contributed by atoms with Gasteiger partial charge in [-0.3, -0.25) is 9.59 Å². The molecule has 3 aromatic carbocycles. The highest BCUT2D eigenvalue weighted by Gasteiger charge is 2.32. The van der Waals surface area contributed by atoms with E-state index < -0.39 is 11.6 Å². The van der Waals surface area contributed by atoms with Gasteiger partial charge >= 0.3 is 0 Å². The Balaban J connectivity index is 1.80. The number of rotatable bonds is 11. The molecule has 0 radical (unpaired) electrons. The molecule has 5 nitrogen and oxygen atoms in total. The van der Waals surface area contributed by atoms with Crippen molar-refractivity contribution in [1.29, 1.82) is 0 Å². The standard InChI is InChI=1S/C30H34BrClN2O3/c1-30(2,3)33-29(36)27(20-22-8-5-4-6-9-22)34(21-23-11-13-24(31)14-12-23)28(35)10-7-19-37-26-17-15-25(32)16-18-26/h4-6,8-9,11-18,27H,7,10,19-21H2,1-3H3,(H,33,36). The van der Waals surface area contributed by atoms with E-state index in [0.29, 0.717) is 36.8 Å². The Morgan fingerprint density at radius 2 is 1.59 bits per heavy atom. The lowest BCUT2D eigenvalue weighted by molar-refractivity contribution is -0.142. The molecule has 0 saturated carbocycles. The topological polar surface area (TPSA) is 58.6 Å². The molecule has 0 saturated heterocycles. The normalized spacial score (nSPS) is 12.0. The van der Waals surface area contributed by atoms with Gasteiger partial charge in [0.25, 0.3) is 0 Å². The van der Waals surface area contributed by atoms with Gasteiger partial charge in [-0.15, -0.1) is 0 Å². The van der Waals surface area contributed by atoms with Gasteiger partial charge in [0.2, 0.25) is 11.8 Å². The van der Waals surface area contributed by atoms with Gasteiger partial charge in [0, 0.05) is 34.4 Å². The summed E-state index contributed by atoms with van der Waals surface area (Å²) in [6, 6.07) is 24.1. The molecule has 3 aromatic rings. The van der Waals surface area contributed by atoms with Gasteiger partial charge in [0.05, 0.1) is 6.61 Å². The van der Waals surface area contributed by atoms with Crippen LogP contribution in [0, 0.1) is 0 Å². The zero-order chi connectivity index (χ0) is 26.8. The average molecular weight is 586 g/mol. The lowest BCUT2D eigenvalue weighted by Crippen LogP contribution is -2.54. The minimum atomic E-state index is -0.657. The summed E-state index contributed by atoms with van der Waals surface area (Å²) < 4.78 is 6.74. The third-order valence-corrected chi connectivity index (χ3v) is 6.43. The van der Waals surface area contributed by atoms with Gasteiger partial charge in [-0.2, -0.15) is 0 Å². The lowest BCUT2D eigenvalue weighted by Gasteiger charge is -2.34. The number of nitrogens with zero attached hydrogens (tertiary/aromatic N) is 1. The van der Waals surface area contributed by atoms with Crippen molar-refractivity contribution in [2.75, 3.05) is 6.61 Å². The summed E-state index contributed by atoms with van der Waals surface area (Å²) in [4.78, 5) is 28.9. The van der Waals surface area contributed by atoms with Crippen LogP contribution in [0.25, 0.3) is 0 Å². The first-order valence-electron chi connectivity index (χ1n) is 12.4. The number of benzene rings is 3. The number of hydrogen-bond acceptors (Lipinski definition) is 3. The fourth-order valence-electron chi connectivity index (χ4n) is 3.88. The minimum Gasteiger partial charge on any atom is -0.494 e. The Morgan fingerprint density at radius 1 is 0.946 bits per heavy atom. The van der Waals surface area contributed by atoms with Crippen LogP contribution in [0.3, 0.4) is 0 Å². The zero-order valence-electron chi connectivity index (χ0n) is 21.5. The van der Waals surface area contributed by atoms with Crippen LogP contribution in [-0.4, -0.2) is 34.9 Å². The van der Waals surface area contributed by atoms with E-state index in [-0.39, 0.29) is 18.2 Å². The molecule has 0 bridgehead atoms. The predicted molar refractivity (Wildman–Crippen MR) is 153 cm³/mol. The maximum absolute atomic E-state index is 13.6. The van der Waals surface area contributed by atoms with Crippen molar-refractivity contribution in [2.24, 2.45) is 0 Å². The van der Waals surface area contributed by atoms with Crippen LogP contribution >= 0.6 is 27.5 Å². The lowest BCUT2D eigenvalue weighted by atomic mass is 10.00. The van der Waals surface area contributed by atoms with Gasteiger partial charge in [-0.05, 0) is 74.7 Å². The van der Waals surface area contributed by atoms with E-state index in [4.69, 9.17) is 16.3 Å². The molecule has 0 heterocycles. The van der Waals surface area contributed by atoms with Gasteiger partial charge in [0.1, 0.15) is 11.8 Å². The highest BCUT2D eigenvalue weighted by molar-refractivity contribution is 9.10. The minimum absolute atomic E-state index is 0.0902. The molecule has 3 rings (SSSR count). The molecular weight excluding hydrogens is 552 g/mol. The number of hydrogen-bond donors (Lipinski definition) is 1. The molecule has 1 N–H and O–H groups in total. The second-order valence-electron chi connectivity index (χ2n) is 10.00. The molecule has 0 aliphatic heterocycles. The maximum atomic E-state index is 13.6. The van der Waals surface area contributed by atoms with Crippen LogP contribution in [0.4, 0.5) is 0 Å². The summed E-state index contributed by atoms with van der Waals surface area (Å²) in [5.74, 6) is 0.446. The molecule has 2 amide bonds. The van der Waals surface area contributed by atoms with E-state index in [2.05, 4.69) is 21.2 Å². The highest BCUT2D eigenvalue weighted by atomic mass is 79.9. The van der Waals surface area contributed by atoms with E-state index in [9.17, 15) is 9.59 Å². The maximum Gasteiger partial charge on any atom is 0.243 e. The van der Waals surface area contributed by atoms with Crippen LogP contribution < -0.4 is 10.1 Å². The number of amides is 2. The number of ether oxygens (including phenoxy) is 1. The molecule has 0 aliphatic rings. The van der Waals surface area contributed by atoms with Gasteiger partial charge in [-0.25, -0.2) is 0 Å². The summed E-state index contributed by atoms with van der Waals surface area (Å²) >= 11 is 9.41. The Labute approximate surface area is 233 Å². The van der Waals surface area contributed by atoms with Crippen LogP contribution in [0.1, 0.15) is 44.7 Å². The van der Waals surface area contributed by atoms with Gasteiger partial charge in [0.15, 0.2) is 0 Å². The number of nitrogens with one attached hydrogen (secondary N) is 1. The van der Waals surface area contributed by atoms with Crippen LogP contribution in [-0.2, 0) is 22.6 Å². The molecule has 0 aromatic heterocycles. The quantitative estimate of drug-likeness (QED) is 0.251. The Kier molecular flexibility index (Phi) is 10.6. The SMILES string of the molecule is CC(C)(C)NC(=O)C(Cc1ccccc1)N(Cc1ccc(Br)cc1)C(=O)CCCOc1ccc(Cl)cc1. The van der Waals surface area contributed by atoms with Crippen LogP contribution in [0.5, 0.6) is 5.75 Å². The first-order valence-corrected chi connectivity index (χ1v) is 13.6. The molecule has 37 heavy (non-hydrogen) atoms. The molecular formula is C30H34BrClN2O3. The van der Waals surface area contributed by atoms with Crippen LogP contribution in [0.2, 0.25) is 5.02 Å². The van der Waals surface area contributed by atoms with E-state index >= 15 is 0 Å². The molecule has 0 fully saturated rings. The monoisotopic (exact) mass is 584 g/mol. The summed E-state index contributed by atoms with van der Waals surface area (Å²) in [5.41, 5.74) is 1.52. The smallest absolute Gasteiger partial charge is 0.243 e. The average Bonchev–Trinajstić information content (AvgIpc) is 2.85. The Bertz CT molecular complexity index is 1150. The van der Waals surface area contributed by atoms with Crippen molar-refractivity contribution < 1.29 is 14.3 Å². The van der Waals surface area contributed by atoms with Gasteiger partial charge in [-0.1, -0.05) is 70.0 Å². The fraction of sp³-hybridized carbons (Fsp3) is 0.333. The van der Waals surface area contributed by atoms with Gasteiger partial charge < -0.3 is 15.0 Å². The Hall–Kier alpha value is -2.83. The molecule has 0 spiro atoms. The van der Waals surface area contributed by atoms with E-state index in [1.807, 2.05) is 75.4 Å². The Morgan fingerprint density at radius 3 is 2.22 bits per heavy atom. The van der Waals surface area contributed by atoms with Crippen molar-refractivity contribution in [3.63, 3.8) is 0 Å². The second kappa shape index (κ2) is 13.6. The molecule has 1 unspecified atom stereocenters. The largest absolute Gasteiger partial charge is 0.494 e. The first-order chi connectivity index (χ1) is 17.6. The first kappa shape index (κ1) is 28.7. The van der Waals surface area contributed by atoms with Crippen molar-refractivity contribution in [2.45, 2.75) is 58.2 Å². The van der Waals surface area contributed by atoms with Crippen molar-refractivity contribution in [1.82, 2.24) is 10.2 Å². The zero-order valence-corrected chi connectivity index (χ0v) is 23.9. The van der Waals surface area contributed by atoms with Crippen molar-refractivity contribution in [3.8, 4) is 5.75 Å². The number of carbonyl (C=O) groups excluding carboxylic acids is 2. The summed E-state index contributed by atoms with van der Waals surface area (Å²) in [6.07, 6.45) is 1.21. The highest BCUT2D eigenvalue weighted by Crippen LogP contribution is 2.20. The van der Waals surface area contributed by atoms with Crippen LogP contribution in [0.15, 0.2) is 83.3 Å². The van der Waals surface area contributed by atoms with Crippen molar-refractivity contribution in [3.05, 3.63) is 99.5 Å². The van der Waals surface area contributed by atoms with Crippen molar-refractivity contribution >= 4 is 39.3 Å². The fourth-order valence-corrected chi connectivity index (χ4v) is 4.27. The third-order valence-electron chi connectivity index (χ3n) is 5.65. The second-order valence-corrected chi connectivity index (χ2v) is 11.4.